The summed E-state index contributed by atoms with van der Waals surface area (Å²) in [5, 5.41) is 2.27. The van der Waals surface area contributed by atoms with Gasteiger partial charge in [0.2, 0.25) is 0 Å². The Balaban J connectivity index is 2.19. The van der Waals surface area contributed by atoms with Crippen LogP contribution in [-0.4, -0.2) is 12.3 Å². The van der Waals surface area contributed by atoms with Crippen LogP contribution >= 0.6 is 11.8 Å². The highest BCUT2D eigenvalue weighted by atomic mass is 32.2. The Morgan fingerprint density at radius 1 is 1.27 bits per heavy atom. The molecule has 0 aliphatic carbocycles. The highest BCUT2D eigenvalue weighted by Gasteiger charge is 2.13. The highest BCUT2D eigenvalue weighted by molar-refractivity contribution is 8.13. The fourth-order valence-electron chi connectivity index (χ4n) is 2.04. The number of ether oxygens (including phenoxy) is 1. The zero-order valence-corrected chi connectivity index (χ0v) is 13.6. The van der Waals surface area contributed by atoms with Crippen molar-refractivity contribution in [2.75, 3.05) is 7.05 Å². The first-order valence-corrected chi connectivity index (χ1v) is 7.70. The average Bonchev–Trinajstić information content (AvgIpc) is 2.48. The van der Waals surface area contributed by atoms with Gasteiger partial charge in [-0.05, 0) is 49.4 Å². The molecule has 0 saturated carbocycles. The third kappa shape index (κ3) is 4.01. The smallest absolute Gasteiger partial charge is 0.283 e. The van der Waals surface area contributed by atoms with E-state index in [1.165, 1.54) is 6.07 Å². The van der Waals surface area contributed by atoms with Gasteiger partial charge in [-0.15, -0.1) is 0 Å². The van der Waals surface area contributed by atoms with E-state index in [-0.39, 0.29) is 17.7 Å². The van der Waals surface area contributed by atoms with Gasteiger partial charge in [-0.2, -0.15) is 0 Å². The number of aryl methyl sites for hydroxylation is 2. The van der Waals surface area contributed by atoms with Crippen LogP contribution in [0.25, 0.3) is 0 Å². The maximum Gasteiger partial charge on any atom is 0.283 e. The molecule has 0 aromatic heterocycles. The van der Waals surface area contributed by atoms with Crippen LogP contribution in [0.4, 0.5) is 9.18 Å². The predicted molar refractivity (Wildman–Crippen MR) is 87.0 cm³/mol. The molecule has 0 aliphatic rings. The molecule has 0 heterocycles. The maximum atomic E-state index is 14.0. The van der Waals surface area contributed by atoms with Crippen LogP contribution in [0.1, 0.15) is 16.7 Å². The largest absolute Gasteiger partial charge is 0.488 e. The predicted octanol–water partition coefficient (Wildman–Crippen LogP) is 4.45. The topological polar surface area (TPSA) is 38.3 Å². The number of benzene rings is 2. The molecule has 0 fully saturated rings. The van der Waals surface area contributed by atoms with Gasteiger partial charge < -0.3 is 10.1 Å². The first-order valence-electron chi connectivity index (χ1n) is 6.88. The molecule has 0 radical (unpaired) electrons. The Kier molecular flexibility index (Phi) is 5.44. The molecule has 3 nitrogen and oxygen atoms in total. The first-order chi connectivity index (χ1) is 10.5. The SMILES string of the molecule is CNC(=O)Sc1cccc(F)c1COc1ccc(C)cc1C. The summed E-state index contributed by atoms with van der Waals surface area (Å²) in [4.78, 5) is 12.1. The highest BCUT2D eigenvalue weighted by Crippen LogP contribution is 2.27. The molecule has 1 amide bonds. The molecule has 0 saturated heterocycles. The molecule has 0 atom stereocenters. The lowest BCUT2D eigenvalue weighted by Crippen LogP contribution is -2.12. The van der Waals surface area contributed by atoms with E-state index < -0.39 is 0 Å². The van der Waals surface area contributed by atoms with Crippen LogP contribution in [-0.2, 0) is 6.61 Å². The van der Waals surface area contributed by atoms with E-state index in [4.69, 9.17) is 4.74 Å². The van der Waals surface area contributed by atoms with Crippen molar-refractivity contribution < 1.29 is 13.9 Å². The second kappa shape index (κ2) is 7.31. The molecular formula is C17H18FNO2S. The molecule has 1 N–H and O–H groups in total. The van der Waals surface area contributed by atoms with Crippen LogP contribution in [0.15, 0.2) is 41.3 Å². The second-order valence-corrected chi connectivity index (χ2v) is 5.93. The molecule has 5 heteroatoms. The Morgan fingerprint density at radius 2 is 2.05 bits per heavy atom. The van der Waals surface area contributed by atoms with Crippen molar-refractivity contribution in [1.82, 2.24) is 5.32 Å². The maximum absolute atomic E-state index is 14.0. The van der Waals surface area contributed by atoms with E-state index in [1.54, 1.807) is 19.2 Å². The molecule has 2 aromatic rings. The number of carbonyl (C=O) groups is 1. The molecular weight excluding hydrogens is 301 g/mol. The van der Waals surface area contributed by atoms with Crippen molar-refractivity contribution in [3.05, 3.63) is 58.9 Å². The summed E-state index contributed by atoms with van der Waals surface area (Å²) in [6.45, 7) is 4.03. The van der Waals surface area contributed by atoms with Gasteiger partial charge in [0.25, 0.3) is 5.24 Å². The van der Waals surface area contributed by atoms with E-state index in [9.17, 15) is 9.18 Å². The van der Waals surface area contributed by atoms with Crippen LogP contribution in [0.3, 0.4) is 0 Å². The minimum Gasteiger partial charge on any atom is -0.488 e. The summed E-state index contributed by atoms with van der Waals surface area (Å²) in [6, 6.07) is 10.5. The van der Waals surface area contributed by atoms with E-state index in [1.807, 2.05) is 32.0 Å². The third-order valence-electron chi connectivity index (χ3n) is 3.19. The monoisotopic (exact) mass is 319 g/mol. The Morgan fingerprint density at radius 3 is 2.73 bits per heavy atom. The van der Waals surface area contributed by atoms with Crippen molar-refractivity contribution in [1.29, 1.82) is 0 Å². The van der Waals surface area contributed by atoms with Gasteiger partial charge in [-0.1, -0.05) is 23.8 Å². The number of hydrogen-bond donors (Lipinski definition) is 1. The van der Waals surface area contributed by atoms with Gasteiger partial charge in [0.1, 0.15) is 18.2 Å². The van der Waals surface area contributed by atoms with Gasteiger partial charge in [-0.25, -0.2) is 4.39 Å². The van der Waals surface area contributed by atoms with Crippen LogP contribution in [0.5, 0.6) is 5.75 Å². The minimum absolute atomic E-state index is 0.0793. The molecule has 0 bridgehead atoms. The van der Waals surface area contributed by atoms with Crippen molar-refractivity contribution in [3.8, 4) is 5.75 Å². The number of carbonyl (C=O) groups excluding carboxylic acids is 1. The first kappa shape index (κ1) is 16.4. The Hall–Kier alpha value is -2.01. The van der Waals surface area contributed by atoms with E-state index >= 15 is 0 Å². The van der Waals surface area contributed by atoms with Crippen LogP contribution < -0.4 is 10.1 Å². The van der Waals surface area contributed by atoms with E-state index in [0.29, 0.717) is 16.2 Å². The number of nitrogens with one attached hydrogen (secondary N) is 1. The zero-order chi connectivity index (χ0) is 16.1. The number of halogens is 1. The molecule has 2 rings (SSSR count). The normalized spacial score (nSPS) is 10.4. The van der Waals surface area contributed by atoms with Gasteiger partial charge in [0, 0.05) is 17.5 Å². The van der Waals surface area contributed by atoms with Crippen LogP contribution in [0.2, 0.25) is 0 Å². The van der Waals surface area contributed by atoms with Gasteiger partial charge in [-0.3, -0.25) is 4.79 Å². The Labute approximate surface area is 133 Å². The molecule has 0 unspecified atom stereocenters. The lowest BCUT2D eigenvalue weighted by molar-refractivity contribution is 0.262. The fourth-order valence-corrected chi connectivity index (χ4v) is 2.76. The van der Waals surface area contributed by atoms with E-state index in [0.717, 1.165) is 22.9 Å². The lowest BCUT2D eigenvalue weighted by atomic mass is 10.1. The number of hydrogen-bond acceptors (Lipinski definition) is 3. The third-order valence-corrected chi connectivity index (χ3v) is 4.18. The summed E-state index contributed by atoms with van der Waals surface area (Å²) in [7, 11) is 1.54. The average molecular weight is 319 g/mol. The molecule has 0 spiro atoms. The molecule has 0 aliphatic heterocycles. The van der Waals surface area contributed by atoms with Crippen molar-refractivity contribution in [3.63, 3.8) is 0 Å². The van der Waals surface area contributed by atoms with Crippen molar-refractivity contribution in [2.45, 2.75) is 25.3 Å². The zero-order valence-electron chi connectivity index (χ0n) is 12.8. The summed E-state index contributed by atoms with van der Waals surface area (Å²) in [5.74, 6) is 0.336. The summed E-state index contributed by atoms with van der Waals surface area (Å²) in [6.07, 6.45) is 0. The Bertz CT molecular complexity index is 688. The molecule has 22 heavy (non-hydrogen) atoms. The number of rotatable bonds is 4. The summed E-state index contributed by atoms with van der Waals surface area (Å²) >= 11 is 0.956. The summed E-state index contributed by atoms with van der Waals surface area (Å²) in [5.41, 5.74) is 2.53. The van der Waals surface area contributed by atoms with Crippen LogP contribution in [0, 0.1) is 19.7 Å². The summed E-state index contributed by atoms with van der Waals surface area (Å²) < 4.78 is 19.8. The number of thioether (sulfide) groups is 1. The number of amides is 1. The van der Waals surface area contributed by atoms with Gasteiger partial charge in [0.15, 0.2) is 0 Å². The quantitative estimate of drug-likeness (QED) is 0.846. The molecule has 2 aromatic carbocycles. The van der Waals surface area contributed by atoms with Gasteiger partial charge in [0.05, 0.1) is 0 Å². The fraction of sp³-hybridized carbons (Fsp3) is 0.235. The second-order valence-electron chi connectivity index (χ2n) is 4.91. The minimum atomic E-state index is -0.376. The van der Waals surface area contributed by atoms with E-state index in [2.05, 4.69) is 5.32 Å². The lowest BCUT2D eigenvalue weighted by Gasteiger charge is -2.13. The molecule has 116 valence electrons. The standard InChI is InChI=1S/C17H18FNO2S/c1-11-7-8-15(12(2)9-11)21-10-13-14(18)5-4-6-16(13)22-17(20)19-3/h4-9H,10H2,1-3H3,(H,19,20). The van der Waals surface area contributed by atoms with Crippen molar-refractivity contribution in [2.24, 2.45) is 0 Å². The van der Waals surface area contributed by atoms with Gasteiger partial charge >= 0.3 is 0 Å². The van der Waals surface area contributed by atoms with Crippen molar-refractivity contribution >= 4 is 17.0 Å².